The molecule has 7 heteroatoms. The fourth-order valence-corrected chi connectivity index (χ4v) is 2.56. The number of hydrogen-bond donors (Lipinski definition) is 1. The van der Waals surface area contributed by atoms with Crippen LogP contribution in [0.15, 0.2) is 0 Å². The normalized spacial score (nSPS) is 21.6. The van der Waals surface area contributed by atoms with Crippen LogP contribution in [0.5, 0.6) is 0 Å². The molecule has 112 valence electrons. The van der Waals surface area contributed by atoms with Crippen molar-refractivity contribution in [3.63, 3.8) is 0 Å². The van der Waals surface area contributed by atoms with Crippen molar-refractivity contribution in [3.8, 4) is 0 Å². The molecule has 1 aliphatic rings. The fraction of sp³-hybridized carbons (Fsp3) is 0.917. The Morgan fingerprint density at radius 1 is 1.42 bits per heavy atom. The van der Waals surface area contributed by atoms with Crippen molar-refractivity contribution in [1.82, 2.24) is 14.5 Å². The van der Waals surface area contributed by atoms with Gasteiger partial charge in [-0.3, -0.25) is 9.69 Å². The summed E-state index contributed by atoms with van der Waals surface area (Å²) in [7, 11) is -1.89. The monoisotopic (exact) mass is 291 g/mol. The van der Waals surface area contributed by atoms with Gasteiger partial charge in [0.1, 0.15) is 0 Å². The molecule has 1 N–H and O–H groups in total. The van der Waals surface area contributed by atoms with Gasteiger partial charge in [0.05, 0.1) is 12.8 Å². The van der Waals surface area contributed by atoms with Crippen molar-refractivity contribution in [1.29, 1.82) is 0 Å². The largest absolute Gasteiger partial charge is 0.354 e. The molecule has 0 unspecified atom stereocenters. The van der Waals surface area contributed by atoms with Crippen molar-refractivity contribution >= 4 is 15.9 Å². The number of carbonyl (C=O) groups excluding carboxylic acids is 1. The molecule has 1 aliphatic heterocycles. The predicted octanol–water partition coefficient (Wildman–Crippen LogP) is -0.132. The van der Waals surface area contributed by atoms with Crippen LogP contribution >= 0.6 is 0 Å². The molecule has 0 aliphatic carbocycles. The molecule has 1 atom stereocenters. The lowest BCUT2D eigenvalue weighted by Crippen LogP contribution is -2.44. The number of rotatable bonds is 6. The molecule has 0 aromatic heterocycles. The second-order valence-electron chi connectivity index (χ2n) is 5.25. The number of piperidine rings is 1. The first-order valence-electron chi connectivity index (χ1n) is 6.73. The number of carbonyl (C=O) groups is 1. The summed E-state index contributed by atoms with van der Waals surface area (Å²) in [5, 5.41) is 2.77. The first kappa shape index (κ1) is 16.4. The van der Waals surface area contributed by atoms with E-state index in [2.05, 4.69) is 17.1 Å². The number of sulfonamides is 1. The van der Waals surface area contributed by atoms with E-state index in [1.165, 1.54) is 26.3 Å². The molecule has 1 heterocycles. The lowest BCUT2D eigenvalue weighted by Gasteiger charge is -2.33. The number of likely N-dealkylation sites (N-methyl/N-ethyl adjacent to an activating group) is 1. The Morgan fingerprint density at radius 2 is 2.11 bits per heavy atom. The van der Waals surface area contributed by atoms with E-state index in [1.54, 1.807) is 0 Å². The molecular formula is C12H25N3O3S. The number of amides is 1. The smallest absolute Gasteiger partial charge is 0.235 e. The second-order valence-corrected chi connectivity index (χ2v) is 7.34. The fourth-order valence-electron chi connectivity index (χ4n) is 2.20. The minimum absolute atomic E-state index is 0.117. The summed E-state index contributed by atoms with van der Waals surface area (Å²) in [6, 6.07) is 0.573. The Morgan fingerprint density at radius 3 is 2.68 bits per heavy atom. The average Bonchev–Trinajstić information content (AvgIpc) is 2.30. The van der Waals surface area contributed by atoms with Gasteiger partial charge >= 0.3 is 0 Å². The summed E-state index contributed by atoms with van der Waals surface area (Å²) in [5.41, 5.74) is 0. The summed E-state index contributed by atoms with van der Waals surface area (Å²) in [6.45, 7) is 4.57. The Balaban J connectivity index is 2.23. The highest BCUT2D eigenvalue weighted by molar-refractivity contribution is 7.88. The van der Waals surface area contributed by atoms with Gasteiger partial charge in [-0.25, -0.2) is 8.42 Å². The molecular weight excluding hydrogens is 266 g/mol. The maximum absolute atomic E-state index is 11.6. The number of hydrogen-bond acceptors (Lipinski definition) is 4. The van der Waals surface area contributed by atoms with E-state index in [0.29, 0.717) is 12.6 Å². The van der Waals surface area contributed by atoms with Crippen LogP contribution in [0.25, 0.3) is 0 Å². The summed E-state index contributed by atoms with van der Waals surface area (Å²) in [4.78, 5) is 14.0. The van der Waals surface area contributed by atoms with Crippen LogP contribution in [-0.4, -0.2) is 69.1 Å². The van der Waals surface area contributed by atoms with E-state index in [-0.39, 0.29) is 12.5 Å². The summed E-state index contributed by atoms with van der Waals surface area (Å²) in [5.74, 6) is -0.252. The van der Waals surface area contributed by atoms with Crippen molar-refractivity contribution in [2.75, 3.05) is 39.5 Å². The van der Waals surface area contributed by atoms with Gasteiger partial charge in [-0.2, -0.15) is 4.31 Å². The van der Waals surface area contributed by atoms with Gasteiger partial charge in [0.25, 0.3) is 0 Å². The summed E-state index contributed by atoms with van der Waals surface area (Å²) < 4.78 is 23.4. The van der Waals surface area contributed by atoms with Gasteiger partial charge in [0.2, 0.25) is 15.9 Å². The molecule has 1 fully saturated rings. The van der Waals surface area contributed by atoms with Gasteiger partial charge < -0.3 is 5.32 Å². The highest BCUT2D eigenvalue weighted by Gasteiger charge is 2.18. The molecule has 0 bridgehead atoms. The third-order valence-electron chi connectivity index (χ3n) is 3.59. The SMILES string of the molecule is C[C@H]1CCCCN1CCNC(=O)CN(C)S(C)(=O)=O. The molecule has 0 spiro atoms. The van der Waals surface area contributed by atoms with Crippen LogP contribution < -0.4 is 5.32 Å². The Kier molecular flexibility index (Phi) is 6.22. The van der Waals surface area contributed by atoms with E-state index in [9.17, 15) is 13.2 Å². The Hall–Kier alpha value is -0.660. The lowest BCUT2D eigenvalue weighted by atomic mass is 10.0. The molecule has 6 nitrogen and oxygen atoms in total. The van der Waals surface area contributed by atoms with Crippen molar-refractivity contribution in [3.05, 3.63) is 0 Å². The van der Waals surface area contributed by atoms with E-state index in [1.807, 2.05) is 0 Å². The van der Waals surface area contributed by atoms with Crippen LogP contribution in [-0.2, 0) is 14.8 Å². The van der Waals surface area contributed by atoms with E-state index in [0.717, 1.165) is 23.7 Å². The van der Waals surface area contributed by atoms with Gasteiger partial charge in [0.15, 0.2) is 0 Å². The third kappa shape index (κ3) is 5.88. The molecule has 1 rings (SSSR count). The average molecular weight is 291 g/mol. The zero-order valence-electron chi connectivity index (χ0n) is 12.1. The lowest BCUT2D eigenvalue weighted by molar-refractivity contribution is -0.121. The van der Waals surface area contributed by atoms with Gasteiger partial charge in [0, 0.05) is 26.2 Å². The van der Waals surface area contributed by atoms with Crippen LogP contribution in [0, 0.1) is 0 Å². The van der Waals surface area contributed by atoms with Crippen molar-refractivity contribution in [2.24, 2.45) is 0 Å². The predicted molar refractivity (Wildman–Crippen MR) is 75.4 cm³/mol. The molecule has 19 heavy (non-hydrogen) atoms. The maximum Gasteiger partial charge on any atom is 0.235 e. The zero-order valence-corrected chi connectivity index (χ0v) is 12.9. The molecule has 1 amide bonds. The molecule has 0 aromatic carbocycles. The van der Waals surface area contributed by atoms with E-state index < -0.39 is 10.0 Å². The number of nitrogens with zero attached hydrogens (tertiary/aromatic N) is 2. The van der Waals surface area contributed by atoms with E-state index >= 15 is 0 Å². The number of likely N-dealkylation sites (tertiary alicyclic amines) is 1. The van der Waals surface area contributed by atoms with Gasteiger partial charge in [-0.15, -0.1) is 0 Å². The van der Waals surface area contributed by atoms with Crippen LogP contribution in [0.1, 0.15) is 26.2 Å². The van der Waals surface area contributed by atoms with Gasteiger partial charge in [-0.1, -0.05) is 6.42 Å². The summed E-state index contributed by atoms with van der Waals surface area (Å²) >= 11 is 0. The second kappa shape index (κ2) is 7.21. The minimum atomic E-state index is -3.29. The van der Waals surface area contributed by atoms with Crippen LogP contribution in [0.3, 0.4) is 0 Å². The first-order valence-corrected chi connectivity index (χ1v) is 8.57. The van der Waals surface area contributed by atoms with Crippen molar-refractivity contribution < 1.29 is 13.2 Å². The van der Waals surface area contributed by atoms with Crippen molar-refractivity contribution in [2.45, 2.75) is 32.2 Å². The minimum Gasteiger partial charge on any atom is -0.354 e. The van der Waals surface area contributed by atoms with Crippen LogP contribution in [0.2, 0.25) is 0 Å². The molecule has 0 radical (unpaired) electrons. The maximum atomic E-state index is 11.6. The van der Waals surface area contributed by atoms with Crippen LogP contribution in [0.4, 0.5) is 0 Å². The Bertz CT molecular complexity index is 397. The van der Waals surface area contributed by atoms with E-state index in [4.69, 9.17) is 0 Å². The highest BCUT2D eigenvalue weighted by Crippen LogP contribution is 2.15. The van der Waals surface area contributed by atoms with Gasteiger partial charge in [-0.05, 0) is 26.3 Å². The number of nitrogens with one attached hydrogen (secondary N) is 1. The third-order valence-corrected chi connectivity index (χ3v) is 4.86. The first-order chi connectivity index (χ1) is 8.80. The molecule has 0 aromatic rings. The molecule has 0 saturated carbocycles. The standard InChI is InChI=1S/C12H25N3O3S/c1-11-6-4-5-8-15(11)9-7-13-12(16)10-14(2)19(3,17)18/h11H,4-10H2,1-3H3,(H,13,16)/t11-/m0/s1. The summed E-state index contributed by atoms with van der Waals surface area (Å²) in [6.07, 6.45) is 4.80. The topological polar surface area (TPSA) is 69.7 Å². The molecule has 1 saturated heterocycles. The Labute approximate surface area is 116 Å². The quantitative estimate of drug-likeness (QED) is 0.740. The zero-order chi connectivity index (χ0) is 14.5. The highest BCUT2D eigenvalue weighted by atomic mass is 32.2.